The third kappa shape index (κ3) is 3.04. The molecule has 1 unspecified atom stereocenters. The molecule has 20 heavy (non-hydrogen) atoms. The Morgan fingerprint density at radius 3 is 3.00 bits per heavy atom. The monoisotopic (exact) mass is 275 g/mol. The van der Waals surface area contributed by atoms with Crippen LogP contribution in [0.1, 0.15) is 26.2 Å². The number of aliphatic imine (C=N–C) groups is 1. The van der Waals surface area contributed by atoms with Crippen LogP contribution in [-0.4, -0.2) is 29.3 Å². The van der Waals surface area contributed by atoms with E-state index in [0.29, 0.717) is 12.3 Å². The molecule has 0 bridgehead atoms. The Bertz CT molecular complexity index is 540. The van der Waals surface area contributed by atoms with E-state index in [1.54, 1.807) is 24.3 Å². The normalized spacial score (nSPS) is 20.8. The van der Waals surface area contributed by atoms with Crippen molar-refractivity contribution >= 4 is 17.6 Å². The van der Waals surface area contributed by atoms with Gasteiger partial charge in [-0.1, -0.05) is 31.6 Å². The second kappa shape index (κ2) is 6.32. The summed E-state index contributed by atoms with van der Waals surface area (Å²) in [6.45, 7) is 2.32. The van der Waals surface area contributed by atoms with Gasteiger partial charge >= 0.3 is 5.97 Å². The van der Waals surface area contributed by atoms with E-state index in [2.05, 4.69) is 4.99 Å². The molecular formula is C15H17NO4. The van der Waals surface area contributed by atoms with Crippen LogP contribution in [0.2, 0.25) is 0 Å². The summed E-state index contributed by atoms with van der Waals surface area (Å²) in [5, 5.41) is 10.1. The number of amides is 1. The van der Waals surface area contributed by atoms with E-state index in [9.17, 15) is 14.7 Å². The number of aliphatic hydroxyl groups is 1. The molecule has 2 aliphatic rings. The number of esters is 1. The van der Waals surface area contributed by atoms with Crippen molar-refractivity contribution in [3.05, 3.63) is 35.6 Å². The predicted octanol–water partition coefficient (Wildman–Crippen LogP) is 2.26. The Morgan fingerprint density at radius 1 is 1.45 bits per heavy atom. The Kier molecular flexibility index (Phi) is 4.50. The SMILES string of the molecule is CCCCOC(=O)CC1=C(O)C2C=CC=CC2=NC1=O. The topological polar surface area (TPSA) is 76.0 Å². The number of rotatable bonds is 5. The van der Waals surface area contributed by atoms with Gasteiger partial charge in [-0.25, -0.2) is 4.99 Å². The number of hydrogen-bond acceptors (Lipinski definition) is 4. The highest BCUT2D eigenvalue weighted by Gasteiger charge is 2.31. The Balaban J connectivity index is 2.07. The number of ether oxygens (including phenoxy) is 1. The van der Waals surface area contributed by atoms with Crippen LogP contribution in [0.5, 0.6) is 0 Å². The number of fused-ring (bicyclic) bond motifs is 1. The molecular weight excluding hydrogens is 258 g/mol. The van der Waals surface area contributed by atoms with Gasteiger partial charge in [0.1, 0.15) is 5.76 Å². The summed E-state index contributed by atoms with van der Waals surface area (Å²) >= 11 is 0. The molecule has 1 heterocycles. The van der Waals surface area contributed by atoms with E-state index in [-0.39, 0.29) is 17.8 Å². The van der Waals surface area contributed by atoms with E-state index < -0.39 is 17.8 Å². The molecule has 1 N–H and O–H groups in total. The van der Waals surface area contributed by atoms with Crippen molar-refractivity contribution in [1.82, 2.24) is 0 Å². The lowest BCUT2D eigenvalue weighted by Crippen LogP contribution is -2.26. The molecule has 1 amide bonds. The first kappa shape index (κ1) is 14.2. The highest BCUT2D eigenvalue weighted by molar-refractivity contribution is 6.14. The van der Waals surface area contributed by atoms with Crippen LogP contribution < -0.4 is 0 Å². The fourth-order valence-electron chi connectivity index (χ4n) is 2.04. The lowest BCUT2D eigenvalue weighted by molar-refractivity contribution is -0.143. The van der Waals surface area contributed by atoms with Crippen molar-refractivity contribution < 1.29 is 19.4 Å². The zero-order valence-electron chi connectivity index (χ0n) is 11.3. The highest BCUT2D eigenvalue weighted by atomic mass is 16.5. The van der Waals surface area contributed by atoms with E-state index in [4.69, 9.17) is 4.74 Å². The van der Waals surface area contributed by atoms with Crippen LogP contribution in [0.3, 0.4) is 0 Å². The van der Waals surface area contributed by atoms with Gasteiger partial charge in [0, 0.05) is 0 Å². The first-order valence-corrected chi connectivity index (χ1v) is 6.69. The van der Waals surface area contributed by atoms with Crippen LogP contribution in [0.15, 0.2) is 40.6 Å². The molecule has 1 atom stereocenters. The van der Waals surface area contributed by atoms with Gasteiger partial charge in [-0.15, -0.1) is 0 Å². The summed E-state index contributed by atoms with van der Waals surface area (Å²) in [6, 6.07) is 0. The van der Waals surface area contributed by atoms with Gasteiger partial charge in [0.15, 0.2) is 0 Å². The van der Waals surface area contributed by atoms with Crippen LogP contribution in [0, 0.1) is 5.92 Å². The third-order valence-corrected chi connectivity index (χ3v) is 3.17. The summed E-state index contributed by atoms with van der Waals surface area (Å²) in [5.41, 5.74) is 0.526. The molecule has 0 saturated heterocycles. The van der Waals surface area contributed by atoms with Crippen molar-refractivity contribution in [3.63, 3.8) is 0 Å². The van der Waals surface area contributed by atoms with E-state index in [1.165, 1.54) is 0 Å². The molecule has 1 aliphatic carbocycles. The van der Waals surface area contributed by atoms with Gasteiger partial charge in [0.2, 0.25) is 0 Å². The van der Waals surface area contributed by atoms with Crippen LogP contribution >= 0.6 is 0 Å². The van der Waals surface area contributed by atoms with Gasteiger partial charge in [0.25, 0.3) is 5.91 Å². The molecule has 0 aromatic carbocycles. The number of allylic oxidation sites excluding steroid dienone is 4. The molecule has 0 saturated carbocycles. The standard InChI is InChI=1S/C15H17NO4/c1-2-3-8-20-13(17)9-11-14(18)10-6-4-5-7-12(10)16-15(11)19/h4-7,10,18H,2-3,8-9H2,1H3. The molecule has 5 heteroatoms. The van der Waals surface area contributed by atoms with Crippen LogP contribution in [0.25, 0.3) is 0 Å². The molecule has 5 nitrogen and oxygen atoms in total. The Morgan fingerprint density at radius 2 is 2.25 bits per heavy atom. The fraction of sp³-hybridized carbons (Fsp3) is 0.400. The maximum Gasteiger partial charge on any atom is 0.310 e. The number of carbonyl (C=O) groups is 2. The number of carbonyl (C=O) groups excluding carboxylic acids is 2. The van der Waals surface area contributed by atoms with Gasteiger partial charge in [-0.05, 0) is 12.5 Å². The lowest BCUT2D eigenvalue weighted by Gasteiger charge is -2.21. The largest absolute Gasteiger partial charge is 0.511 e. The predicted molar refractivity (Wildman–Crippen MR) is 74.4 cm³/mol. The molecule has 106 valence electrons. The molecule has 0 fully saturated rings. The average molecular weight is 275 g/mol. The fourth-order valence-corrected chi connectivity index (χ4v) is 2.04. The third-order valence-electron chi connectivity index (χ3n) is 3.17. The molecule has 0 aromatic rings. The van der Waals surface area contributed by atoms with Gasteiger partial charge in [-0.2, -0.15) is 0 Å². The second-order valence-corrected chi connectivity index (χ2v) is 4.68. The van der Waals surface area contributed by atoms with Crippen molar-refractivity contribution in [1.29, 1.82) is 0 Å². The minimum absolute atomic E-state index is 0.0280. The number of hydrogen-bond donors (Lipinski definition) is 1. The van der Waals surface area contributed by atoms with E-state index in [0.717, 1.165) is 12.8 Å². The molecule has 2 rings (SSSR count). The van der Waals surface area contributed by atoms with Crippen molar-refractivity contribution in [2.24, 2.45) is 10.9 Å². The highest BCUT2D eigenvalue weighted by Crippen LogP contribution is 2.27. The molecule has 0 aromatic heterocycles. The maximum absolute atomic E-state index is 11.9. The first-order chi connectivity index (χ1) is 9.63. The summed E-state index contributed by atoms with van der Waals surface area (Å²) in [6.07, 6.45) is 8.40. The quantitative estimate of drug-likeness (QED) is 0.616. The Labute approximate surface area is 117 Å². The van der Waals surface area contributed by atoms with E-state index >= 15 is 0 Å². The van der Waals surface area contributed by atoms with Gasteiger partial charge in [-0.3, -0.25) is 9.59 Å². The first-order valence-electron chi connectivity index (χ1n) is 6.69. The number of nitrogens with zero attached hydrogens (tertiary/aromatic N) is 1. The zero-order chi connectivity index (χ0) is 14.5. The van der Waals surface area contributed by atoms with Gasteiger partial charge in [0.05, 0.1) is 30.2 Å². The minimum atomic E-state index is -0.568. The Hall–Kier alpha value is -2.17. The zero-order valence-corrected chi connectivity index (χ0v) is 11.3. The summed E-state index contributed by atoms with van der Waals surface area (Å²) in [7, 11) is 0. The number of aliphatic hydroxyl groups excluding tert-OH is 1. The summed E-state index contributed by atoms with van der Waals surface area (Å²) < 4.78 is 5.00. The summed E-state index contributed by atoms with van der Waals surface area (Å²) in [4.78, 5) is 27.4. The summed E-state index contributed by atoms with van der Waals surface area (Å²) in [5.74, 6) is -1.62. The second-order valence-electron chi connectivity index (χ2n) is 4.68. The maximum atomic E-state index is 11.9. The molecule has 0 radical (unpaired) electrons. The average Bonchev–Trinajstić information content (AvgIpc) is 2.44. The van der Waals surface area contributed by atoms with Crippen molar-refractivity contribution in [2.75, 3.05) is 6.61 Å². The van der Waals surface area contributed by atoms with Crippen LogP contribution in [-0.2, 0) is 14.3 Å². The van der Waals surface area contributed by atoms with Crippen molar-refractivity contribution in [2.45, 2.75) is 26.2 Å². The number of unbranched alkanes of at least 4 members (excludes halogenated alkanes) is 1. The van der Waals surface area contributed by atoms with E-state index in [1.807, 2.05) is 6.92 Å². The number of dihydropyridines is 1. The minimum Gasteiger partial charge on any atom is -0.511 e. The lowest BCUT2D eigenvalue weighted by atomic mass is 9.90. The molecule has 0 spiro atoms. The van der Waals surface area contributed by atoms with Crippen molar-refractivity contribution in [3.8, 4) is 0 Å². The smallest absolute Gasteiger partial charge is 0.310 e. The van der Waals surface area contributed by atoms with Gasteiger partial charge < -0.3 is 9.84 Å². The molecule has 1 aliphatic heterocycles. The van der Waals surface area contributed by atoms with Crippen LogP contribution in [0.4, 0.5) is 0 Å².